The van der Waals surface area contributed by atoms with Crippen molar-refractivity contribution in [3.8, 4) is 0 Å². The van der Waals surface area contributed by atoms with Crippen LogP contribution in [0.5, 0.6) is 0 Å². The molecule has 4 heteroatoms. The Bertz CT molecular complexity index is 323. The molecule has 2 N–H and O–H groups in total. The van der Waals surface area contributed by atoms with Crippen molar-refractivity contribution >= 4 is 17.7 Å². The van der Waals surface area contributed by atoms with Crippen molar-refractivity contribution in [1.29, 1.82) is 0 Å². The van der Waals surface area contributed by atoms with E-state index in [1.807, 2.05) is 0 Å². The first kappa shape index (κ1) is 15.2. The molecule has 0 aromatic carbocycles. The Morgan fingerprint density at radius 3 is 2.68 bits per heavy atom. The summed E-state index contributed by atoms with van der Waals surface area (Å²) >= 11 is 2.09. The average Bonchev–Trinajstić information content (AvgIpc) is 2.38. The van der Waals surface area contributed by atoms with Crippen LogP contribution < -0.4 is 5.73 Å². The SMILES string of the molecule is COC(=O)C1(N)CCCC(SC2CCCC(C)C2)C1. The van der Waals surface area contributed by atoms with Gasteiger partial charge in [-0.25, -0.2) is 0 Å². The van der Waals surface area contributed by atoms with Gasteiger partial charge < -0.3 is 10.5 Å². The summed E-state index contributed by atoms with van der Waals surface area (Å²) in [7, 11) is 1.44. The first-order valence-corrected chi connectivity index (χ1v) is 8.50. The number of nitrogens with two attached hydrogens (primary N) is 1. The Morgan fingerprint density at radius 1 is 1.26 bits per heavy atom. The molecule has 0 radical (unpaired) electrons. The van der Waals surface area contributed by atoms with Gasteiger partial charge in [0.1, 0.15) is 5.54 Å². The molecule has 4 atom stereocenters. The zero-order valence-electron chi connectivity index (χ0n) is 12.2. The number of thioether (sulfide) groups is 1. The maximum atomic E-state index is 11.8. The van der Waals surface area contributed by atoms with Gasteiger partial charge in [-0.1, -0.05) is 19.8 Å². The first-order valence-electron chi connectivity index (χ1n) is 7.56. The van der Waals surface area contributed by atoms with Gasteiger partial charge in [0.25, 0.3) is 0 Å². The Labute approximate surface area is 121 Å². The van der Waals surface area contributed by atoms with Crippen LogP contribution in [0.3, 0.4) is 0 Å². The highest BCUT2D eigenvalue weighted by atomic mass is 32.2. The van der Waals surface area contributed by atoms with E-state index >= 15 is 0 Å². The zero-order chi connectivity index (χ0) is 13.9. The third-order valence-electron chi connectivity index (χ3n) is 4.61. The van der Waals surface area contributed by atoms with E-state index in [-0.39, 0.29) is 5.97 Å². The van der Waals surface area contributed by atoms with Crippen LogP contribution in [0.1, 0.15) is 58.3 Å². The van der Waals surface area contributed by atoms with Gasteiger partial charge in [-0.05, 0) is 44.4 Å². The monoisotopic (exact) mass is 285 g/mol. The van der Waals surface area contributed by atoms with Crippen molar-refractivity contribution in [1.82, 2.24) is 0 Å². The van der Waals surface area contributed by atoms with E-state index in [2.05, 4.69) is 18.7 Å². The highest BCUT2D eigenvalue weighted by Crippen LogP contribution is 2.41. The molecule has 0 spiro atoms. The molecular formula is C15H27NO2S. The minimum atomic E-state index is -0.731. The molecule has 0 amide bonds. The van der Waals surface area contributed by atoms with Crippen molar-refractivity contribution in [2.75, 3.05) is 7.11 Å². The fourth-order valence-corrected chi connectivity index (χ4v) is 5.52. The smallest absolute Gasteiger partial charge is 0.325 e. The molecule has 0 bridgehead atoms. The summed E-state index contributed by atoms with van der Waals surface area (Å²) in [6, 6.07) is 0. The highest BCUT2D eigenvalue weighted by molar-refractivity contribution is 8.00. The number of hydrogen-bond donors (Lipinski definition) is 1. The van der Waals surface area contributed by atoms with Gasteiger partial charge in [0.2, 0.25) is 0 Å². The second kappa shape index (κ2) is 6.49. The summed E-state index contributed by atoms with van der Waals surface area (Å²) in [5.41, 5.74) is 5.52. The first-order chi connectivity index (χ1) is 9.03. The number of carbonyl (C=O) groups excluding carboxylic acids is 1. The maximum absolute atomic E-state index is 11.8. The minimum Gasteiger partial charge on any atom is -0.468 e. The summed E-state index contributed by atoms with van der Waals surface area (Å²) in [4.78, 5) is 11.8. The molecule has 2 saturated carbocycles. The lowest BCUT2D eigenvalue weighted by atomic mass is 9.82. The molecule has 2 fully saturated rings. The predicted octanol–water partition coefficient (Wildman–Crippen LogP) is 3.11. The third-order valence-corrected chi connectivity index (χ3v) is 6.21. The lowest BCUT2D eigenvalue weighted by molar-refractivity contribution is -0.148. The van der Waals surface area contributed by atoms with Crippen LogP contribution in [0, 0.1) is 5.92 Å². The summed E-state index contributed by atoms with van der Waals surface area (Å²) < 4.78 is 4.87. The largest absolute Gasteiger partial charge is 0.468 e. The van der Waals surface area contributed by atoms with E-state index in [1.54, 1.807) is 0 Å². The molecule has 0 aromatic rings. The summed E-state index contributed by atoms with van der Waals surface area (Å²) in [5.74, 6) is 0.632. The molecule has 0 aliphatic heterocycles. The van der Waals surface area contributed by atoms with Crippen LogP contribution in [0.25, 0.3) is 0 Å². The van der Waals surface area contributed by atoms with Crippen LogP contribution in [0.4, 0.5) is 0 Å². The number of hydrogen-bond acceptors (Lipinski definition) is 4. The van der Waals surface area contributed by atoms with E-state index in [1.165, 1.54) is 39.2 Å². The average molecular weight is 285 g/mol. The summed E-state index contributed by atoms with van der Waals surface area (Å²) in [6.45, 7) is 2.36. The Balaban J connectivity index is 1.88. The molecule has 2 aliphatic carbocycles. The number of carbonyl (C=O) groups is 1. The lowest BCUT2D eigenvalue weighted by Crippen LogP contribution is -2.52. The number of esters is 1. The molecule has 0 aromatic heterocycles. The van der Waals surface area contributed by atoms with Crippen LogP contribution in [-0.4, -0.2) is 29.1 Å². The van der Waals surface area contributed by atoms with Crippen molar-refractivity contribution in [2.45, 2.75) is 74.3 Å². The number of ether oxygens (including phenoxy) is 1. The van der Waals surface area contributed by atoms with Gasteiger partial charge in [0.05, 0.1) is 7.11 Å². The van der Waals surface area contributed by atoms with Gasteiger partial charge in [-0.3, -0.25) is 4.79 Å². The Kier molecular flexibility index (Phi) is 5.18. The van der Waals surface area contributed by atoms with Gasteiger partial charge in [-0.2, -0.15) is 11.8 Å². The highest BCUT2D eigenvalue weighted by Gasteiger charge is 2.41. The van der Waals surface area contributed by atoms with Gasteiger partial charge in [0.15, 0.2) is 0 Å². The van der Waals surface area contributed by atoms with E-state index in [0.29, 0.717) is 5.25 Å². The van der Waals surface area contributed by atoms with E-state index in [9.17, 15) is 4.79 Å². The van der Waals surface area contributed by atoms with E-state index in [0.717, 1.165) is 30.4 Å². The maximum Gasteiger partial charge on any atom is 0.325 e. The fraction of sp³-hybridized carbons (Fsp3) is 0.933. The molecule has 0 saturated heterocycles. The Morgan fingerprint density at radius 2 is 2.00 bits per heavy atom. The second-order valence-corrected chi connectivity index (χ2v) is 8.00. The summed E-state index contributed by atoms with van der Waals surface area (Å²) in [6.07, 6.45) is 9.21. The fourth-order valence-electron chi connectivity index (χ4n) is 3.53. The van der Waals surface area contributed by atoms with Gasteiger partial charge in [-0.15, -0.1) is 0 Å². The second-order valence-electron chi connectivity index (χ2n) is 6.40. The van der Waals surface area contributed by atoms with E-state index in [4.69, 9.17) is 10.5 Å². The minimum absolute atomic E-state index is 0.227. The normalized spacial score (nSPS) is 39.8. The summed E-state index contributed by atoms with van der Waals surface area (Å²) in [5, 5.41) is 1.31. The Hall–Kier alpha value is -0.220. The molecule has 4 unspecified atom stereocenters. The predicted molar refractivity (Wildman–Crippen MR) is 80.2 cm³/mol. The van der Waals surface area contributed by atoms with Crippen molar-refractivity contribution in [2.24, 2.45) is 11.7 Å². The van der Waals surface area contributed by atoms with Gasteiger partial charge in [0, 0.05) is 10.5 Å². The third kappa shape index (κ3) is 3.88. The molecule has 3 nitrogen and oxygen atoms in total. The van der Waals surface area contributed by atoms with Crippen LogP contribution in [0.15, 0.2) is 0 Å². The molecule has 19 heavy (non-hydrogen) atoms. The van der Waals surface area contributed by atoms with E-state index < -0.39 is 5.54 Å². The molecule has 2 rings (SSSR count). The quantitative estimate of drug-likeness (QED) is 0.810. The lowest BCUT2D eigenvalue weighted by Gasteiger charge is -2.37. The topological polar surface area (TPSA) is 52.3 Å². The van der Waals surface area contributed by atoms with Crippen LogP contribution >= 0.6 is 11.8 Å². The van der Waals surface area contributed by atoms with Crippen molar-refractivity contribution in [3.63, 3.8) is 0 Å². The van der Waals surface area contributed by atoms with Crippen molar-refractivity contribution < 1.29 is 9.53 Å². The number of methoxy groups -OCH3 is 1. The molecule has 0 heterocycles. The standard InChI is InChI=1S/C15H27NO2S/c1-11-5-3-6-12(9-11)19-13-7-4-8-15(16,10-13)14(17)18-2/h11-13H,3-10,16H2,1-2H3. The molecule has 110 valence electrons. The van der Waals surface area contributed by atoms with Crippen LogP contribution in [0.2, 0.25) is 0 Å². The number of rotatable bonds is 3. The molecular weight excluding hydrogens is 258 g/mol. The van der Waals surface area contributed by atoms with Crippen LogP contribution in [-0.2, 0) is 9.53 Å². The van der Waals surface area contributed by atoms with Crippen molar-refractivity contribution in [3.05, 3.63) is 0 Å². The zero-order valence-corrected chi connectivity index (χ0v) is 13.0. The molecule has 2 aliphatic rings. The van der Waals surface area contributed by atoms with Gasteiger partial charge >= 0.3 is 5.97 Å².